The molecule has 5 N–H and O–H groups in total. The number of ether oxygens (including phenoxy) is 12. The number of esters is 6. The third-order valence-electron chi connectivity index (χ3n) is 13.0. The van der Waals surface area contributed by atoms with Gasteiger partial charge in [0.1, 0.15) is 66.8 Å². The highest BCUT2D eigenvalue weighted by Gasteiger charge is 2.50. The Kier molecular flexibility index (Phi) is 42.3. The van der Waals surface area contributed by atoms with Gasteiger partial charge in [0.2, 0.25) is 5.92 Å². The van der Waals surface area contributed by atoms with Crippen LogP contribution in [0.15, 0.2) is 18.7 Å². The van der Waals surface area contributed by atoms with E-state index in [4.69, 9.17) is 59.0 Å². The molecule has 9 rings (SSSR count). The maximum absolute atomic E-state index is 11.9. The Morgan fingerprint density at radius 1 is 0.625 bits per heavy atom. The molecule has 9 heterocycles. The van der Waals surface area contributed by atoms with Gasteiger partial charge in [-0.25, -0.2) is 9.78 Å². The number of carboxylic acids is 1. The van der Waals surface area contributed by atoms with E-state index >= 15 is 0 Å². The minimum Gasteiger partial charge on any atom is -0.479 e. The highest BCUT2D eigenvalue weighted by atomic mass is 127. The number of imidazole rings is 1. The lowest BCUT2D eigenvalue weighted by Gasteiger charge is -2.32. The second-order valence-electron chi connectivity index (χ2n) is 26.1. The number of hydrogen-bond acceptors (Lipinski definition) is 26. The van der Waals surface area contributed by atoms with E-state index in [0.29, 0.717) is 63.6 Å². The number of aromatic nitrogens is 2. The zero-order valence-electron chi connectivity index (χ0n) is 58.9. The molecule has 96 heavy (non-hydrogen) atoms. The Bertz CT molecular complexity index is 2550. The maximum Gasteiger partial charge on any atom is 0.332 e. The van der Waals surface area contributed by atoms with Crippen molar-refractivity contribution in [2.24, 2.45) is 11.8 Å². The minimum atomic E-state index is -1.49. The number of alkyl halides is 1. The number of halogens is 1. The van der Waals surface area contributed by atoms with Crippen molar-refractivity contribution in [3.8, 4) is 0 Å². The summed E-state index contributed by atoms with van der Waals surface area (Å²) in [5, 5.41) is 16.8. The number of aliphatic hydroxyl groups is 1. The second kappa shape index (κ2) is 45.0. The van der Waals surface area contributed by atoms with Gasteiger partial charge in [-0.15, -0.1) is 0 Å². The first-order valence-corrected chi connectivity index (χ1v) is 33.1. The number of cyclic esters (lactones) is 4. The van der Waals surface area contributed by atoms with Gasteiger partial charge in [-0.1, -0.05) is 36.9 Å². The fraction of sp³-hybridized carbons (Fsp3) is 0.773. The Morgan fingerprint density at radius 3 is 1.32 bits per heavy atom. The van der Waals surface area contributed by atoms with Crippen LogP contribution in [0.1, 0.15) is 214 Å². The number of rotatable bonds is 12. The van der Waals surface area contributed by atoms with Crippen LogP contribution in [0.3, 0.4) is 0 Å². The van der Waals surface area contributed by atoms with Crippen LogP contribution in [-0.4, -0.2) is 200 Å². The topological polar surface area (TPSA) is 407 Å². The summed E-state index contributed by atoms with van der Waals surface area (Å²) in [6, 6.07) is 0. The molecule has 7 atom stereocenters. The molecule has 0 aliphatic carbocycles. The fourth-order valence-electron chi connectivity index (χ4n) is 8.91. The molecule has 8 aliphatic heterocycles. The lowest BCUT2D eigenvalue weighted by Crippen LogP contribution is -2.51. The van der Waals surface area contributed by atoms with Crippen molar-refractivity contribution in [2.75, 3.05) is 44.5 Å². The number of carbonyl (C=O) groups is 12. The van der Waals surface area contributed by atoms with Crippen LogP contribution in [0.2, 0.25) is 0 Å². The molecule has 8 saturated heterocycles. The lowest BCUT2D eigenvalue weighted by atomic mass is 9.97. The first-order chi connectivity index (χ1) is 44.0. The third-order valence-corrected chi connectivity index (χ3v) is 13.0. The molecule has 0 spiro atoms. The third kappa shape index (κ3) is 39.0. The van der Waals surface area contributed by atoms with Crippen molar-refractivity contribution in [3.05, 3.63) is 18.7 Å². The van der Waals surface area contributed by atoms with Crippen LogP contribution in [-0.2, 0) is 115 Å². The molecule has 30 heteroatoms. The summed E-state index contributed by atoms with van der Waals surface area (Å²) in [6.07, 6.45) is 12.4. The van der Waals surface area contributed by atoms with E-state index in [-0.39, 0.29) is 61.2 Å². The number of carboxylic acid groups (broad SMARTS) is 1. The van der Waals surface area contributed by atoms with Gasteiger partial charge in [0.05, 0.1) is 5.60 Å². The van der Waals surface area contributed by atoms with E-state index in [1.807, 2.05) is 29.5 Å². The van der Waals surface area contributed by atoms with E-state index in [1.54, 1.807) is 81.6 Å². The highest BCUT2D eigenvalue weighted by Crippen LogP contribution is 2.28. The molecule has 552 valence electrons. The molecular formula is C66H110IN2O27+. The Hall–Kier alpha value is -5.74. The first kappa shape index (κ1) is 90.3. The summed E-state index contributed by atoms with van der Waals surface area (Å²) in [4.78, 5) is 139. The molecular weight excluding hydrogens is 1380 g/mol. The number of ketones is 4. The molecule has 0 aromatic carbocycles. The predicted molar refractivity (Wildman–Crippen MR) is 354 cm³/mol. The molecule has 1 aromatic rings. The van der Waals surface area contributed by atoms with Crippen molar-refractivity contribution < 1.29 is 131 Å². The molecule has 0 amide bonds. The van der Waals surface area contributed by atoms with Gasteiger partial charge >= 0.3 is 41.8 Å². The van der Waals surface area contributed by atoms with E-state index in [2.05, 4.69) is 14.5 Å². The van der Waals surface area contributed by atoms with Gasteiger partial charge < -0.3 is 72.5 Å². The zero-order valence-corrected chi connectivity index (χ0v) is 60.1. The van der Waals surface area contributed by atoms with Crippen LogP contribution >= 0.6 is 22.6 Å². The molecule has 0 saturated carbocycles. The first-order valence-electron chi connectivity index (χ1n) is 32.2. The monoisotopic (exact) mass is 1490 g/mol. The fourth-order valence-corrected chi connectivity index (χ4v) is 8.91. The lowest BCUT2D eigenvalue weighted by molar-refractivity contribution is -0.239. The molecule has 29 nitrogen and oxygen atoms in total. The summed E-state index contributed by atoms with van der Waals surface area (Å²) >= 11 is 1.96. The number of carbonyl (C=O) groups excluding carboxylic acids is 11. The standard InChI is InChI=1S/C12H20O4.C11H14O6.C11H18O4.C8H10N2O2.C7H12O2.C6H8O4.C5H8O3.C4H10O.CH3I.CH4.H2O/c1-8(11(14)16-12(2,3)4)10(13)9-6-5-7-15-9;1-11(2)16-9(13)7(10(14)17-11)8(12)6-4-3-5-15-6;1-11(2,3)15-10(13)7-8(12)9-5-4-6-14-9;11-8(7-2-1-5-12-7)10-4-3-9-6-10;1-2-6(8)7-4-3-5-9-7;1-6(2)9-4(7)3-5(8)10-6;6-5(7)4-2-1-3-8-4;1-4(2,3)5;1-2;;/h8-9H,5-7H2,1-4H3;6-7H,3-5H2,1-2H3;9H,4-7H2,1-3H3;3-4,6-7H,1-2,5H2;7H,2-5H2,1H3;3H2,1-2H3;4H,1-3H2,(H,6,7);5H,1-3H3;1H3;1H4;1H2/p+1/t8?,9-;6-;9-;2*7-;;4-;;;;/m00000.0..../s1/i;;;;;;;;1D;;. The number of hydrogen-bond donors (Lipinski definition) is 2. The summed E-state index contributed by atoms with van der Waals surface area (Å²) in [5.74, 6) is -9.78. The molecule has 0 radical (unpaired) electrons. The van der Waals surface area contributed by atoms with Crippen molar-refractivity contribution in [2.45, 2.75) is 273 Å². The average Bonchev–Trinajstić information content (AvgIpc) is 1.79. The van der Waals surface area contributed by atoms with Gasteiger partial charge in [-0.2, -0.15) is 0 Å². The number of nitrogens with zero attached hydrogens (tertiary/aromatic N) is 2. The SMILES string of the molecule is C.CC(C(=O)OC(C)(C)C)C(=O)[C@@H]1CCCO1.CC(C)(C)O.CC(C)(C)OC(=O)CC(=O)[C@@H]1CCCO1.CC1(C)OC(=O)C(C(=O)[C@@H]2CCCO2)C(=O)O1.CC1(C)OC(=O)CC(=O)O1.CCC(=O)[C@@H]1CCCO1.O=C(O)[C@@H]1CCCO1.O=C([C@@H]1CCCO1)n1ccnc1.[2H]CI.[OH3+]. The Labute approximate surface area is 579 Å². The van der Waals surface area contributed by atoms with Crippen molar-refractivity contribution in [3.63, 3.8) is 0 Å². The van der Waals surface area contributed by atoms with E-state index in [1.165, 1.54) is 38.6 Å². The van der Waals surface area contributed by atoms with Gasteiger partial charge in [0.15, 0.2) is 29.2 Å². The molecule has 0 bridgehead atoms. The van der Waals surface area contributed by atoms with Crippen molar-refractivity contribution in [1.29, 1.82) is 0 Å². The van der Waals surface area contributed by atoms with Gasteiger partial charge in [-0.3, -0.25) is 57.3 Å². The van der Waals surface area contributed by atoms with Gasteiger partial charge in [-0.05, 0) is 151 Å². The summed E-state index contributed by atoms with van der Waals surface area (Å²) in [5.41, 5.74) is -1.59. The van der Waals surface area contributed by atoms with E-state index in [9.17, 15) is 57.5 Å². The van der Waals surface area contributed by atoms with Crippen molar-refractivity contribution >= 4 is 93.4 Å². The van der Waals surface area contributed by atoms with E-state index < -0.39 is 112 Å². The Morgan fingerprint density at radius 2 is 0.990 bits per heavy atom. The highest BCUT2D eigenvalue weighted by molar-refractivity contribution is 14.1. The quantitative estimate of drug-likeness (QED) is 0.0520. The molecule has 8 fully saturated rings. The van der Waals surface area contributed by atoms with Crippen LogP contribution in [0.4, 0.5) is 0 Å². The predicted octanol–water partition coefficient (Wildman–Crippen LogP) is 7.22. The normalized spacial score (nSPS) is 23.2. The summed E-state index contributed by atoms with van der Waals surface area (Å²) in [7, 11) is 0. The molecule has 1 aromatic heterocycles. The second-order valence-corrected chi connectivity index (χ2v) is 26.1. The molecule has 8 aliphatic rings. The molecule has 1 unspecified atom stereocenters. The average molecular weight is 1490 g/mol. The summed E-state index contributed by atoms with van der Waals surface area (Å²) < 4.78 is 67.8. The largest absolute Gasteiger partial charge is 0.479 e. The zero-order chi connectivity index (χ0) is 72.5. The van der Waals surface area contributed by atoms with Crippen molar-refractivity contribution in [1.82, 2.24) is 9.55 Å². The van der Waals surface area contributed by atoms with Crippen LogP contribution in [0.25, 0.3) is 0 Å². The minimum absolute atomic E-state index is 0. The van der Waals surface area contributed by atoms with Gasteiger partial charge in [0, 0.05) is 87.5 Å². The van der Waals surface area contributed by atoms with Crippen LogP contribution in [0.5, 0.6) is 0 Å². The number of aliphatic carboxylic acids is 1. The van der Waals surface area contributed by atoms with Crippen LogP contribution < -0.4 is 0 Å². The summed E-state index contributed by atoms with van der Waals surface area (Å²) in [6.45, 7) is 29.1. The van der Waals surface area contributed by atoms with Gasteiger partial charge in [0.25, 0.3) is 17.5 Å². The Balaban J connectivity index is 0. The van der Waals surface area contributed by atoms with E-state index in [0.717, 1.165) is 64.4 Å². The maximum atomic E-state index is 11.9. The smallest absolute Gasteiger partial charge is 0.332 e. The van der Waals surface area contributed by atoms with Crippen LogP contribution in [0, 0.1) is 11.8 Å². The number of Topliss-reactive ketones (excluding diaryl/α,β-unsaturated/α-hetero) is 4.